The number of carbonyl (C=O) groups is 10. The number of hydrogen-bond acceptors (Lipinski definition) is 24. The summed E-state index contributed by atoms with van der Waals surface area (Å²) in [4.78, 5) is 149. The lowest BCUT2D eigenvalue weighted by atomic mass is 9.88. The molecule has 8 saturated heterocycles. The van der Waals surface area contributed by atoms with Crippen LogP contribution in [0.1, 0.15) is 150 Å². The van der Waals surface area contributed by atoms with Gasteiger partial charge in [0.05, 0.1) is 50.0 Å². The van der Waals surface area contributed by atoms with Crippen molar-refractivity contribution in [2.24, 2.45) is 28.9 Å². The first-order chi connectivity index (χ1) is 53.0. The van der Waals surface area contributed by atoms with Crippen molar-refractivity contribution in [3.8, 4) is 0 Å². The van der Waals surface area contributed by atoms with Gasteiger partial charge in [-0.1, -0.05) is 91.0 Å². The lowest BCUT2D eigenvalue weighted by Gasteiger charge is -2.51. The molecule has 34 heteroatoms. The van der Waals surface area contributed by atoms with Crippen molar-refractivity contribution >= 4 is 59.4 Å². The summed E-state index contributed by atoms with van der Waals surface area (Å²) in [6, 6.07) is 25.9. The number of likely N-dealkylation sites (tertiary alicyclic amines) is 2. The van der Waals surface area contributed by atoms with E-state index in [4.69, 9.17) is 46.9 Å². The van der Waals surface area contributed by atoms with Crippen LogP contribution in [-0.2, 0) is 82.2 Å². The van der Waals surface area contributed by atoms with Gasteiger partial charge in [-0.3, -0.25) is 88.0 Å². The Balaban J connectivity index is 0.000000192. The molecule has 16 atom stereocenters. The van der Waals surface area contributed by atoms with E-state index in [1.807, 2.05) is 91.0 Å². The minimum atomic E-state index is -1.06. The first-order valence-corrected chi connectivity index (χ1v) is 38.8. The van der Waals surface area contributed by atoms with Crippen LogP contribution in [0.15, 0.2) is 91.0 Å². The average molecular weight is 1580 g/mol. The third kappa shape index (κ3) is 21.9. The second-order valence-corrected chi connectivity index (χ2v) is 33.5. The zero-order chi connectivity index (χ0) is 83.5. The predicted octanol–water partition coefficient (Wildman–Crippen LogP) is 1.02. The zero-order valence-electron chi connectivity index (χ0n) is 67.5. The molecule has 0 bridgehead atoms. The maximum atomic E-state index is 13.3. The van der Waals surface area contributed by atoms with Crippen LogP contribution in [0.3, 0.4) is 0 Å². The SMILES string of the molecule is C[C@@H](O)[C@@H](C(N)=O)N(C)CC1CCC2(CN(OCc3ccccc3)C2=O)N1.C[C@@H](O)[C@@H](C(N)=O)N(C)CC1CCC2(CN(OCc3ccccc3)C2=O)N1C(=O)OC(C)(C)C.C[C@@H](O)[C@@H](C(N)=O)N(C)CC1CCC2(CNC2=O)N1.C[C@@H](O)[C@H](CCC1CCC2(CN(OCc3ccccc3)C2=O)N1C(=O)OC(C)(C)C)C(N)=O. The lowest BCUT2D eigenvalue weighted by molar-refractivity contribution is -0.242. The number of nitrogens with two attached hydrogens (primary N) is 4. The summed E-state index contributed by atoms with van der Waals surface area (Å²) >= 11 is 0. The standard InChI is InChI=1S/C24H36N4O6.C24H35N3O6.C19H28N4O4.C12H22N4O3/c1-16(29)19(20(25)30)26(5)13-18-11-12-24(28(18)22(32)34-23(2,3)4)15-27(21(24)31)33-14-17-9-7-6-8-10-17;1-16(28)19(20(25)29)11-10-18-12-13-24(27(18)22(31)33-23(2,3)4)15-26(21(24)30)32-14-17-8-6-5-7-9-17;1-13(24)16(17(20)25)22(2)10-15-8-9-19(21-15)12-23(18(19)26)27-11-14-6-4-3-5-7-14;1-7(17)9(10(13)18)16(2)5-8-3-4-12(15-8)6-14-11(12)19/h6-10,16,18-19,29H,11-15H2,1-5H3,(H2,25,30);5-9,16,18-19,28H,10-15H2,1-4H3,(H2,25,29);3-7,13,15-16,21,24H,8-12H2,1-2H3,(H2,20,25);7-9,15,17H,3-6H2,1-2H3,(H2,13,18)(H,14,19)/t2*16-,18?,19+,24?;13-,15?,16+,19?;7-,8?,9+,12?/m1111/s1. The topological polar surface area (TPSA) is 464 Å². The number of hydroxylamine groups is 6. The minimum Gasteiger partial charge on any atom is -0.444 e. The third-order valence-electron chi connectivity index (χ3n) is 22.1. The first-order valence-electron chi connectivity index (χ1n) is 38.8. The molecule has 0 aromatic heterocycles. The van der Waals surface area contributed by atoms with Crippen LogP contribution in [0.5, 0.6) is 0 Å². The number of hydrogen-bond donors (Lipinski definition) is 11. The number of ether oxygens (including phenoxy) is 2. The summed E-state index contributed by atoms with van der Waals surface area (Å²) in [7, 11) is 5.18. The highest BCUT2D eigenvalue weighted by Gasteiger charge is 2.66. The highest BCUT2D eigenvalue weighted by Crippen LogP contribution is 2.46. The van der Waals surface area contributed by atoms with Crippen LogP contribution in [0.2, 0.25) is 0 Å². The molecular formula is C79H121N15O19. The van der Waals surface area contributed by atoms with Crippen molar-refractivity contribution in [1.82, 2.24) is 55.6 Å². The first kappa shape index (κ1) is 90.0. The van der Waals surface area contributed by atoms with E-state index in [9.17, 15) is 68.4 Å². The molecule has 0 aliphatic carbocycles. The summed E-state index contributed by atoms with van der Waals surface area (Å²) in [6.07, 6.45) is 1.33. The molecule has 3 aromatic carbocycles. The van der Waals surface area contributed by atoms with Gasteiger partial charge < -0.3 is 58.2 Å². The molecule has 15 N–H and O–H groups in total. The number of nitrogens with zero attached hydrogens (tertiary/aromatic N) is 8. The molecule has 113 heavy (non-hydrogen) atoms. The molecule has 8 aliphatic rings. The third-order valence-corrected chi connectivity index (χ3v) is 22.1. The Bertz CT molecular complexity index is 3780. The Hall–Kier alpha value is -8.52. The Morgan fingerprint density at radius 1 is 0.478 bits per heavy atom. The molecule has 8 aliphatic heterocycles. The average Bonchev–Trinajstić information content (AvgIpc) is 1.59. The fourth-order valence-electron chi connectivity index (χ4n) is 16.5. The van der Waals surface area contributed by atoms with Crippen LogP contribution in [0.4, 0.5) is 9.59 Å². The monoisotopic (exact) mass is 1580 g/mol. The molecular weight excluding hydrogens is 1460 g/mol. The molecule has 626 valence electrons. The molecule has 10 amide bonds. The Labute approximate surface area is 661 Å². The summed E-state index contributed by atoms with van der Waals surface area (Å²) in [6.45, 7) is 20.6. The molecule has 34 nitrogen and oxygen atoms in total. The number of aliphatic hydroxyl groups is 4. The van der Waals surface area contributed by atoms with Gasteiger partial charge in [0.2, 0.25) is 29.5 Å². The van der Waals surface area contributed by atoms with E-state index in [1.54, 1.807) is 91.2 Å². The number of aliphatic hydroxyl groups excluding tert-OH is 4. The smallest absolute Gasteiger partial charge is 0.411 e. The van der Waals surface area contributed by atoms with Crippen LogP contribution in [0.25, 0.3) is 0 Å². The van der Waals surface area contributed by atoms with Gasteiger partial charge in [-0.2, -0.15) is 0 Å². The quantitative estimate of drug-likeness (QED) is 0.0432. The molecule has 8 heterocycles. The summed E-state index contributed by atoms with van der Waals surface area (Å²) < 4.78 is 11.3. The van der Waals surface area contributed by atoms with Gasteiger partial charge >= 0.3 is 12.2 Å². The summed E-state index contributed by atoms with van der Waals surface area (Å²) in [5.74, 6) is -3.60. The Kier molecular flexibility index (Phi) is 30.1. The van der Waals surface area contributed by atoms with E-state index in [2.05, 4.69) is 16.0 Å². The highest BCUT2D eigenvalue weighted by atomic mass is 16.7. The van der Waals surface area contributed by atoms with Crippen molar-refractivity contribution in [2.75, 3.05) is 67.0 Å². The maximum Gasteiger partial charge on any atom is 0.411 e. The number of β-lactam (4-membered cyclic amide) rings is 4. The van der Waals surface area contributed by atoms with E-state index in [-0.39, 0.29) is 74.6 Å². The Morgan fingerprint density at radius 2 is 0.832 bits per heavy atom. The van der Waals surface area contributed by atoms with Crippen molar-refractivity contribution in [1.29, 1.82) is 0 Å². The van der Waals surface area contributed by atoms with E-state index in [0.717, 1.165) is 42.4 Å². The van der Waals surface area contributed by atoms with E-state index in [1.165, 1.54) is 38.8 Å². The van der Waals surface area contributed by atoms with Gasteiger partial charge in [0.25, 0.3) is 17.7 Å². The number of benzene rings is 3. The van der Waals surface area contributed by atoms with Crippen molar-refractivity contribution < 1.29 is 92.4 Å². The van der Waals surface area contributed by atoms with E-state index in [0.29, 0.717) is 71.3 Å². The minimum absolute atomic E-state index is 0.0504. The molecule has 0 radical (unpaired) electrons. The largest absolute Gasteiger partial charge is 0.444 e. The number of rotatable bonds is 29. The van der Waals surface area contributed by atoms with Crippen molar-refractivity contribution in [2.45, 2.75) is 253 Å². The number of primary amides is 4. The predicted molar refractivity (Wildman–Crippen MR) is 413 cm³/mol. The van der Waals surface area contributed by atoms with Crippen LogP contribution in [-0.4, -0.2) is 287 Å². The number of likely N-dealkylation sites (N-methyl/N-ethyl adjacent to an activating group) is 3. The number of nitrogens with one attached hydrogen (secondary N) is 3. The maximum absolute atomic E-state index is 13.3. The highest BCUT2D eigenvalue weighted by molar-refractivity contribution is 5.97. The lowest BCUT2D eigenvalue weighted by Crippen LogP contribution is -2.74. The van der Waals surface area contributed by atoms with E-state index < -0.39 is 124 Å². The normalized spacial score (nSPS) is 26.5. The number of amides is 10. The fourth-order valence-corrected chi connectivity index (χ4v) is 16.5. The summed E-state index contributed by atoms with van der Waals surface area (Å²) in [5.41, 5.74) is 20.0. The van der Waals surface area contributed by atoms with Crippen LogP contribution in [0, 0.1) is 5.92 Å². The zero-order valence-corrected chi connectivity index (χ0v) is 67.5. The van der Waals surface area contributed by atoms with Crippen molar-refractivity contribution in [3.63, 3.8) is 0 Å². The molecule has 8 unspecified atom stereocenters. The van der Waals surface area contributed by atoms with Gasteiger partial charge in [-0.15, -0.1) is 0 Å². The molecule has 4 spiro atoms. The second-order valence-electron chi connectivity index (χ2n) is 33.5. The Morgan fingerprint density at radius 3 is 1.14 bits per heavy atom. The molecule has 11 rings (SSSR count). The van der Waals surface area contributed by atoms with Crippen LogP contribution < -0.4 is 38.9 Å². The number of carbonyl (C=O) groups excluding carboxylic acids is 10. The van der Waals surface area contributed by atoms with E-state index >= 15 is 0 Å². The summed E-state index contributed by atoms with van der Waals surface area (Å²) in [5, 5.41) is 52.8. The van der Waals surface area contributed by atoms with Crippen molar-refractivity contribution in [3.05, 3.63) is 108 Å². The fraction of sp³-hybridized carbons (Fsp3) is 0.646. The van der Waals surface area contributed by atoms with Gasteiger partial charge in [0.15, 0.2) is 0 Å². The van der Waals surface area contributed by atoms with Gasteiger partial charge in [-0.05, 0) is 171 Å². The second kappa shape index (κ2) is 37.8. The molecule has 8 fully saturated rings. The van der Waals surface area contributed by atoms with Gasteiger partial charge in [-0.25, -0.2) is 24.8 Å². The van der Waals surface area contributed by atoms with Gasteiger partial charge in [0, 0.05) is 50.3 Å². The van der Waals surface area contributed by atoms with Crippen LogP contribution >= 0.6 is 0 Å². The molecule has 0 saturated carbocycles. The molecule has 3 aromatic rings. The van der Waals surface area contributed by atoms with Gasteiger partial charge in [0.1, 0.15) is 71.3 Å².